The van der Waals surface area contributed by atoms with E-state index in [0.29, 0.717) is 17.6 Å². The molecule has 0 atom stereocenters. The van der Waals surface area contributed by atoms with Crippen LogP contribution in [0.5, 0.6) is 0 Å². The largest absolute Gasteiger partial charge is 0.369 e. The van der Waals surface area contributed by atoms with Gasteiger partial charge in [0.1, 0.15) is 11.6 Å². The van der Waals surface area contributed by atoms with Gasteiger partial charge < -0.3 is 16.5 Å². The van der Waals surface area contributed by atoms with Gasteiger partial charge in [-0.05, 0) is 11.3 Å². The second-order valence-electron chi connectivity index (χ2n) is 5.14. The van der Waals surface area contributed by atoms with Gasteiger partial charge in [0, 0.05) is 12.6 Å². The minimum Gasteiger partial charge on any atom is -0.369 e. The van der Waals surface area contributed by atoms with Gasteiger partial charge in [0.15, 0.2) is 0 Å². The molecule has 0 aliphatic carbocycles. The van der Waals surface area contributed by atoms with Crippen LogP contribution in [0.3, 0.4) is 0 Å². The molecule has 1 heterocycles. The van der Waals surface area contributed by atoms with Gasteiger partial charge in [0.2, 0.25) is 5.95 Å². The molecule has 0 aliphatic rings. The summed E-state index contributed by atoms with van der Waals surface area (Å²) < 4.78 is 0. The maximum atomic E-state index is 5.58. The third kappa shape index (κ3) is 3.74. The van der Waals surface area contributed by atoms with Crippen LogP contribution in [-0.4, -0.2) is 16.5 Å². The summed E-state index contributed by atoms with van der Waals surface area (Å²) >= 11 is 0. The number of rotatable bonds is 5. The lowest BCUT2D eigenvalue weighted by Crippen LogP contribution is -2.29. The Balaban J connectivity index is 2.72. The molecule has 6 N–H and O–H groups in total. The van der Waals surface area contributed by atoms with Crippen molar-refractivity contribution >= 4 is 17.6 Å². The Morgan fingerprint density at radius 3 is 2.41 bits per heavy atom. The van der Waals surface area contributed by atoms with E-state index in [0.717, 1.165) is 6.54 Å². The first-order chi connectivity index (χ1) is 7.85. The molecule has 96 valence electrons. The average Bonchev–Trinajstić information content (AvgIpc) is 2.25. The van der Waals surface area contributed by atoms with E-state index in [2.05, 4.69) is 48.4 Å². The maximum Gasteiger partial charge on any atom is 0.223 e. The van der Waals surface area contributed by atoms with Gasteiger partial charge in [0.05, 0.1) is 0 Å². The molecule has 0 saturated carbocycles. The molecular weight excluding hydrogens is 216 g/mol. The van der Waals surface area contributed by atoms with Crippen molar-refractivity contribution in [1.82, 2.24) is 9.97 Å². The summed E-state index contributed by atoms with van der Waals surface area (Å²) in [6.45, 7) is 9.62. The predicted molar refractivity (Wildman–Crippen MR) is 71.4 cm³/mol. The first-order valence-corrected chi connectivity index (χ1v) is 5.70. The van der Waals surface area contributed by atoms with Crippen molar-refractivity contribution in [3.8, 4) is 0 Å². The molecule has 1 aromatic rings. The Kier molecular flexibility index (Phi) is 4.11. The molecular formula is C11H22N6. The lowest BCUT2D eigenvalue weighted by atomic mass is 9.81. The van der Waals surface area contributed by atoms with E-state index in [9.17, 15) is 0 Å². The van der Waals surface area contributed by atoms with E-state index in [-0.39, 0.29) is 11.4 Å². The summed E-state index contributed by atoms with van der Waals surface area (Å²) in [5, 5.41) is 3.26. The molecule has 0 aromatic carbocycles. The van der Waals surface area contributed by atoms with E-state index in [4.69, 9.17) is 11.6 Å². The first-order valence-electron chi connectivity index (χ1n) is 5.70. The van der Waals surface area contributed by atoms with Gasteiger partial charge in [-0.1, -0.05) is 27.7 Å². The summed E-state index contributed by atoms with van der Waals surface area (Å²) in [6, 6.07) is 1.73. The van der Waals surface area contributed by atoms with Crippen molar-refractivity contribution < 1.29 is 0 Å². The third-order valence-electron chi connectivity index (χ3n) is 3.18. The number of nitrogens with zero attached hydrogens (tertiary/aromatic N) is 2. The highest BCUT2D eigenvalue weighted by Gasteiger charge is 2.22. The minimum atomic E-state index is 0.177. The number of hydrogen-bond acceptors (Lipinski definition) is 6. The van der Waals surface area contributed by atoms with Crippen LogP contribution in [0, 0.1) is 11.3 Å². The molecule has 0 unspecified atom stereocenters. The lowest BCUT2D eigenvalue weighted by Gasteiger charge is -2.29. The van der Waals surface area contributed by atoms with E-state index < -0.39 is 0 Å². The van der Waals surface area contributed by atoms with Crippen LogP contribution in [-0.2, 0) is 0 Å². The lowest BCUT2D eigenvalue weighted by molar-refractivity contribution is 0.269. The van der Waals surface area contributed by atoms with Crippen molar-refractivity contribution in [2.24, 2.45) is 17.2 Å². The van der Waals surface area contributed by atoms with Crippen molar-refractivity contribution in [2.75, 3.05) is 23.0 Å². The molecule has 0 amide bonds. The standard InChI is InChI=1S/C11H22N6/c1-7(2)11(3,4)6-14-8-5-9(17-13)16-10(12)15-8/h5,7H,6,13H2,1-4H3,(H4,12,14,15,16,17). The van der Waals surface area contributed by atoms with Crippen LogP contribution < -0.4 is 22.3 Å². The van der Waals surface area contributed by atoms with Gasteiger partial charge >= 0.3 is 0 Å². The molecule has 1 aromatic heterocycles. The Bertz CT molecular complexity index is 374. The smallest absolute Gasteiger partial charge is 0.223 e. The normalized spacial score (nSPS) is 11.6. The van der Waals surface area contributed by atoms with Crippen LogP contribution in [0.25, 0.3) is 0 Å². The first kappa shape index (κ1) is 13.5. The second kappa shape index (κ2) is 5.18. The van der Waals surface area contributed by atoms with Crippen molar-refractivity contribution in [2.45, 2.75) is 27.7 Å². The summed E-state index contributed by atoms with van der Waals surface area (Å²) in [6.07, 6.45) is 0. The SMILES string of the molecule is CC(C)C(C)(C)CNc1cc(NN)nc(N)n1. The zero-order valence-electron chi connectivity index (χ0n) is 10.9. The van der Waals surface area contributed by atoms with Gasteiger partial charge in [-0.2, -0.15) is 9.97 Å². The minimum absolute atomic E-state index is 0.177. The zero-order chi connectivity index (χ0) is 13.1. The van der Waals surface area contributed by atoms with Crippen LogP contribution >= 0.6 is 0 Å². The van der Waals surface area contributed by atoms with Crippen LogP contribution in [0.1, 0.15) is 27.7 Å². The van der Waals surface area contributed by atoms with Gasteiger partial charge in [0.25, 0.3) is 0 Å². The van der Waals surface area contributed by atoms with Gasteiger partial charge in [-0.15, -0.1) is 0 Å². The maximum absolute atomic E-state index is 5.58. The molecule has 6 nitrogen and oxygen atoms in total. The summed E-state index contributed by atoms with van der Waals surface area (Å²) in [4.78, 5) is 8.03. The zero-order valence-corrected chi connectivity index (χ0v) is 10.9. The molecule has 0 radical (unpaired) electrons. The monoisotopic (exact) mass is 238 g/mol. The molecule has 0 fully saturated rings. The van der Waals surface area contributed by atoms with Crippen LogP contribution in [0.15, 0.2) is 6.07 Å². The number of nitrogens with two attached hydrogens (primary N) is 2. The van der Waals surface area contributed by atoms with Gasteiger partial charge in [-0.3, -0.25) is 0 Å². The Morgan fingerprint density at radius 2 is 1.88 bits per heavy atom. The highest BCUT2D eigenvalue weighted by Crippen LogP contribution is 2.26. The van der Waals surface area contributed by atoms with Crippen LogP contribution in [0.4, 0.5) is 17.6 Å². The van der Waals surface area contributed by atoms with E-state index in [1.54, 1.807) is 6.07 Å². The molecule has 6 heteroatoms. The number of nitrogen functional groups attached to an aromatic ring is 2. The highest BCUT2D eigenvalue weighted by molar-refractivity contribution is 5.50. The van der Waals surface area contributed by atoms with Crippen molar-refractivity contribution in [3.05, 3.63) is 6.07 Å². The van der Waals surface area contributed by atoms with E-state index in [1.165, 1.54) is 0 Å². The number of hydrazine groups is 1. The molecule has 0 saturated heterocycles. The molecule has 0 spiro atoms. The molecule has 0 bridgehead atoms. The molecule has 17 heavy (non-hydrogen) atoms. The quantitative estimate of drug-likeness (QED) is 0.457. The fraction of sp³-hybridized carbons (Fsp3) is 0.636. The Morgan fingerprint density at radius 1 is 1.29 bits per heavy atom. The highest BCUT2D eigenvalue weighted by atomic mass is 15.3. The Labute approximate surface area is 102 Å². The second-order valence-corrected chi connectivity index (χ2v) is 5.14. The third-order valence-corrected chi connectivity index (χ3v) is 3.18. The van der Waals surface area contributed by atoms with Crippen molar-refractivity contribution in [3.63, 3.8) is 0 Å². The number of anilines is 3. The summed E-state index contributed by atoms with van der Waals surface area (Å²) in [5.41, 5.74) is 8.21. The summed E-state index contributed by atoms with van der Waals surface area (Å²) in [5.74, 6) is 7.25. The number of nitrogens with one attached hydrogen (secondary N) is 2. The average molecular weight is 238 g/mol. The fourth-order valence-electron chi connectivity index (χ4n) is 1.15. The van der Waals surface area contributed by atoms with E-state index >= 15 is 0 Å². The van der Waals surface area contributed by atoms with E-state index in [1.807, 2.05) is 0 Å². The number of aromatic nitrogens is 2. The molecule has 0 aliphatic heterocycles. The fourth-order valence-corrected chi connectivity index (χ4v) is 1.15. The number of hydrogen-bond donors (Lipinski definition) is 4. The van der Waals surface area contributed by atoms with Crippen LogP contribution in [0.2, 0.25) is 0 Å². The topological polar surface area (TPSA) is 102 Å². The van der Waals surface area contributed by atoms with Gasteiger partial charge in [-0.25, -0.2) is 5.84 Å². The van der Waals surface area contributed by atoms with Crippen molar-refractivity contribution in [1.29, 1.82) is 0 Å². The predicted octanol–water partition coefficient (Wildman–Crippen LogP) is 1.44. The Hall–Kier alpha value is -1.56. The summed E-state index contributed by atoms with van der Waals surface area (Å²) in [7, 11) is 0. The molecule has 1 rings (SSSR count).